The molecule has 0 aromatic heterocycles. The van der Waals surface area contributed by atoms with Gasteiger partial charge in [0, 0.05) is 19.6 Å². The summed E-state index contributed by atoms with van der Waals surface area (Å²) in [5.74, 6) is 0. The van der Waals surface area contributed by atoms with E-state index in [0.29, 0.717) is 5.41 Å². The number of hydrogen-bond acceptors (Lipinski definition) is 2. The summed E-state index contributed by atoms with van der Waals surface area (Å²) in [5, 5.41) is 2.69. The summed E-state index contributed by atoms with van der Waals surface area (Å²) in [6.45, 7) is 9.57. The highest BCUT2D eigenvalue weighted by atomic mass is 16.2. The number of nitrogens with two attached hydrogens (primary N) is 1. The number of carbonyl (C=O) groups is 1. The highest BCUT2D eigenvalue weighted by Gasteiger charge is 2.29. The van der Waals surface area contributed by atoms with Crippen LogP contribution < -0.4 is 11.1 Å². The number of amides is 2. The quantitative estimate of drug-likeness (QED) is 0.653. The summed E-state index contributed by atoms with van der Waals surface area (Å²) in [6, 6.07) is -0.153. The van der Waals surface area contributed by atoms with E-state index >= 15 is 0 Å². The molecule has 0 radical (unpaired) electrons. The molecule has 1 saturated heterocycles. The molecule has 0 aromatic carbocycles. The fraction of sp³-hybridized carbons (Fsp3) is 0.889. The maximum atomic E-state index is 10.5. The maximum Gasteiger partial charge on any atom is 0.312 e. The normalized spacial score (nSPS) is 19.6. The SMILES string of the molecule is CC(C)(C)CN1CC(NC(N)=O)C1. The topological polar surface area (TPSA) is 58.4 Å². The molecule has 0 unspecified atom stereocenters. The summed E-state index contributed by atoms with van der Waals surface area (Å²) >= 11 is 0. The lowest BCUT2D eigenvalue weighted by Gasteiger charge is -2.42. The van der Waals surface area contributed by atoms with Crippen molar-refractivity contribution in [3.8, 4) is 0 Å². The van der Waals surface area contributed by atoms with E-state index in [1.807, 2.05) is 0 Å². The second kappa shape index (κ2) is 3.54. The second-order valence-electron chi connectivity index (χ2n) is 4.96. The molecule has 1 fully saturated rings. The van der Waals surface area contributed by atoms with Crippen molar-refractivity contribution >= 4 is 6.03 Å². The third kappa shape index (κ3) is 3.63. The number of rotatable bonds is 2. The first-order valence-corrected chi connectivity index (χ1v) is 4.65. The molecule has 1 rings (SSSR count). The largest absolute Gasteiger partial charge is 0.352 e. The molecular weight excluding hydrogens is 166 g/mol. The van der Waals surface area contributed by atoms with Gasteiger partial charge < -0.3 is 11.1 Å². The fourth-order valence-electron chi connectivity index (χ4n) is 1.66. The minimum atomic E-state index is -0.416. The molecule has 0 spiro atoms. The van der Waals surface area contributed by atoms with Gasteiger partial charge in [-0.3, -0.25) is 4.90 Å². The molecule has 13 heavy (non-hydrogen) atoms. The van der Waals surface area contributed by atoms with Gasteiger partial charge >= 0.3 is 6.03 Å². The van der Waals surface area contributed by atoms with Gasteiger partial charge in [0.05, 0.1) is 6.04 Å². The Labute approximate surface area is 79.5 Å². The van der Waals surface area contributed by atoms with E-state index in [9.17, 15) is 4.79 Å². The van der Waals surface area contributed by atoms with E-state index in [2.05, 4.69) is 31.0 Å². The Morgan fingerprint density at radius 1 is 1.54 bits per heavy atom. The molecule has 1 heterocycles. The van der Waals surface area contributed by atoms with Gasteiger partial charge in [0.25, 0.3) is 0 Å². The molecule has 1 aliphatic rings. The van der Waals surface area contributed by atoms with Crippen molar-refractivity contribution in [1.82, 2.24) is 10.2 Å². The van der Waals surface area contributed by atoms with Crippen molar-refractivity contribution in [3.63, 3.8) is 0 Å². The van der Waals surface area contributed by atoms with Gasteiger partial charge in [-0.15, -0.1) is 0 Å². The molecule has 3 N–H and O–H groups in total. The van der Waals surface area contributed by atoms with Crippen LogP contribution in [0.3, 0.4) is 0 Å². The maximum absolute atomic E-state index is 10.5. The van der Waals surface area contributed by atoms with Gasteiger partial charge in [0.15, 0.2) is 0 Å². The monoisotopic (exact) mass is 185 g/mol. The lowest BCUT2D eigenvalue weighted by molar-refractivity contribution is 0.0905. The third-order valence-electron chi connectivity index (χ3n) is 2.00. The molecule has 4 heteroatoms. The zero-order chi connectivity index (χ0) is 10.1. The Morgan fingerprint density at radius 2 is 2.08 bits per heavy atom. The van der Waals surface area contributed by atoms with Gasteiger partial charge in [0.2, 0.25) is 0 Å². The standard InChI is InChI=1S/C9H19N3O/c1-9(2,3)6-12-4-7(5-12)11-8(10)13/h7H,4-6H2,1-3H3,(H3,10,11,13). The predicted molar refractivity (Wildman–Crippen MR) is 52.4 cm³/mol. The molecule has 0 aliphatic carbocycles. The summed E-state index contributed by atoms with van der Waals surface area (Å²) in [7, 11) is 0. The second-order valence-corrected chi connectivity index (χ2v) is 4.96. The van der Waals surface area contributed by atoms with Crippen LogP contribution in [-0.2, 0) is 0 Å². The van der Waals surface area contributed by atoms with Crippen molar-refractivity contribution in [2.45, 2.75) is 26.8 Å². The van der Waals surface area contributed by atoms with Crippen molar-refractivity contribution in [2.24, 2.45) is 11.1 Å². The predicted octanol–water partition coefficient (Wildman–Crippen LogP) is 0.385. The van der Waals surface area contributed by atoms with Crippen LogP contribution in [0.5, 0.6) is 0 Å². The lowest BCUT2D eigenvalue weighted by Crippen LogP contribution is -2.61. The zero-order valence-electron chi connectivity index (χ0n) is 8.63. The van der Waals surface area contributed by atoms with E-state index in [1.165, 1.54) is 0 Å². The Kier molecular flexibility index (Phi) is 2.81. The first-order chi connectivity index (χ1) is 5.87. The van der Waals surface area contributed by atoms with Crippen molar-refractivity contribution in [1.29, 1.82) is 0 Å². The number of urea groups is 1. The number of primary amides is 1. The minimum Gasteiger partial charge on any atom is -0.352 e. The Balaban J connectivity index is 2.15. The van der Waals surface area contributed by atoms with E-state index in [-0.39, 0.29) is 6.04 Å². The van der Waals surface area contributed by atoms with Gasteiger partial charge in [-0.05, 0) is 5.41 Å². The Bertz CT molecular complexity index is 192. The molecular formula is C9H19N3O. The van der Waals surface area contributed by atoms with Crippen LogP contribution >= 0.6 is 0 Å². The number of nitrogens with one attached hydrogen (secondary N) is 1. The van der Waals surface area contributed by atoms with Crippen LogP contribution in [0, 0.1) is 5.41 Å². The van der Waals surface area contributed by atoms with Crippen molar-refractivity contribution < 1.29 is 4.79 Å². The van der Waals surface area contributed by atoms with Gasteiger partial charge in [0.1, 0.15) is 0 Å². The highest BCUT2D eigenvalue weighted by Crippen LogP contribution is 2.19. The number of likely N-dealkylation sites (tertiary alicyclic amines) is 1. The molecule has 0 atom stereocenters. The molecule has 0 saturated carbocycles. The Morgan fingerprint density at radius 3 is 2.46 bits per heavy atom. The van der Waals surface area contributed by atoms with Crippen LogP contribution in [0.25, 0.3) is 0 Å². The number of carbonyl (C=O) groups excluding carboxylic acids is 1. The van der Waals surface area contributed by atoms with Gasteiger partial charge in [-0.1, -0.05) is 20.8 Å². The van der Waals surface area contributed by atoms with Crippen molar-refractivity contribution in [3.05, 3.63) is 0 Å². The molecule has 0 bridgehead atoms. The smallest absolute Gasteiger partial charge is 0.312 e. The fourth-order valence-corrected chi connectivity index (χ4v) is 1.66. The van der Waals surface area contributed by atoms with Crippen molar-refractivity contribution in [2.75, 3.05) is 19.6 Å². The first-order valence-electron chi connectivity index (χ1n) is 4.65. The van der Waals surface area contributed by atoms with Gasteiger partial charge in [-0.25, -0.2) is 4.79 Å². The van der Waals surface area contributed by atoms with Gasteiger partial charge in [-0.2, -0.15) is 0 Å². The number of nitrogens with zero attached hydrogens (tertiary/aromatic N) is 1. The summed E-state index contributed by atoms with van der Waals surface area (Å²) < 4.78 is 0. The highest BCUT2D eigenvalue weighted by molar-refractivity contribution is 5.72. The number of hydrogen-bond donors (Lipinski definition) is 2. The average Bonchev–Trinajstić information content (AvgIpc) is 1.78. The first kappa shape index (κ1) is 10.3. The summed E-state index contributed by atoms with van der Waals surface area (Å²) in [6.07, 6.45) is 0. The molecule has 1 aliphatic heterocycles. The molecule has 76 valence electrons. The van der Waals surface area contributed by atoms with E-state index < -0.39 is 6.03 Å². The van der Waals surface area contributed by atoms with Crippen LogP contribution in [0.15, 0.2) is 0 Å². The molecule has 4 nitrogen and oxygen atoms in total. The van der Waals surface area contributed by atoms with E-state index in [4.69, 9.17) is 5.73 Å². The van der Waals surface area contributed by atoms with E-state index in [0.717, 1.165) is 19.6 Å². The van der Waals surface area contributed by atoms with Crippen LogP contribution in [-0.4, -0.2) is 36.6 Å². The Hall–Kier alpha value is -0.770. The average molecular weight is 185 g/mol. The summed E-state index contributed by atoms with van der Waals surface area (Å²) in [4.78, 5) is 12.8. The third-order valence-corrected chi connectivity index (χ3v) is 2.00. The van der Waals surface area contributed by atoms with Crippen LogP contribution in [0.1, 0.15) is 20.8 Å². The minimum absolute atomic E-state index is 0.264. The molecule has 0 aromatic rings. The summed E-state index contributed by atoms with van der Waals surface area (Å²) in [5.41, 5.74) is 5.34. The van der Waals surface area contributed by atoms with E-state index in [1.54, 1.807) is 0 Å². The lowest BCUT2D eigenvalue weighted by atomic mass is 9.93. The molecule has 2 amide bonds. The van der Waals surface area contributed by atoms with Crippen LogP contribution in [0.2, 0.25) is 0 Å². The van der Waals surface area contributed by atoms with Crippen LogP contribution in [0.4, 0.5) is 4.79 Å². The zero-order valence-corrected chi connectivity index (χ0v) is 8.63.